The van der Waals surface area contributed by atoms with Crippen LogP contribution in [0.15, 0.2) is 0 Å². The molecule has 0 aromatic carbocycles. The van der Waals surface area contributed by atoms with Crippen molar-refractivity contribution in [3.8, 4) is 0 Å². The summed E-state index contributed by atoms with van der Waals surface area (Å²) in [5.74, 6) is -1.80. The fraction of sp³-hybridized carbons (Fsp3) is 0.957. The van der Waals surface area contributed by atoms with Crippen molar-refractivity contribution in [2.24, 2.45) is 0 Å². The maximum Gasteiger partial charge on any atom is 2.00 e. The van der Waals surface area contributed by atoms with Crippen molar-refractivity contribution < 1.29 is 39.3 Å². The monoisotopic (exact) mass is 811 g/mol. The molecule has 4 nitrogen and oxygen atoms in total. The molecule has 0 saturated heterocycles. The SMILES string of the molecule is CCCCCCCCCCCCCCCCCC(=O)[O-].CCCCCCCCCCCCCCCCCCCCCCCCCCCC(=O)[O-].[Ca+2].[Zn+2]. The van der Waals surface area contributed by atoms with Gasteiger partial charge < -0.3 is 19.8 Å². The predicted molar refractivity (Wildman–Crippen MR) is 221 cm³/mol. The van der Waals surface area contributed by atoms with Gasteiger partial charge in [0.15, 0.2) is 0 Å². The molecule has 0 spiro atoms. The van der Waals surface area contributed by atoms with E-state index in [1.807, 2.05) is 0 Å². The Balaban J connectivity index is -0.000000459. The Hall–Kier alpha value is 0.823. The van der Waals surface area contributed by atoms with Crippen molar-refractivity contribution in [2.45, 2.75) is 284 Å². The van der Waals surface area contributed by atoms with E-state index in [4.69, 9.17) is 0 Å². The van der Waals surface area contributed by atoms with Gasteiger partial charge in [0.2, 0.25) is 0 Å². The molecule has 0 rings (SSSR count). The molecule has 6 heteroatoms. The molecule has 0 saturated carbocycles. The Morgan fingerprint density at radius 3 is 0.500 bits per heavy atom. The molecule has 0 heterocycles. The molecule has 0 aliphatic rings. The summed E-state index contributed by atoms with van der Waals surface area (Å²) in [4.78, 5) is 20.5. The van der Waals surface area contributed by atoms with Gasteiger partial charge in [-0.1, -0.05) is 258 Å². The molecule has 0 N–H and O–H groups in total. The molecule has 0 bridgehead atoms. The number of aliphatic carboxylic acids is 2. The molecule has 300 valence electrons. The number of rotatable bonds is 42. The van der Waals surface area contributed by atoms with Gasteiger partial charge in [-0.3, -0.25) is 0 Å². The number of hydrogen-bond acceptors (Lipinski definition) is 4. The number of hydrogen-bond donors (Lipinski definition) is 0. The Morgan fingerprint density at radius 2 is 0.385 bits per heavy atom. The first kappa shape index (κ1) is 59.5. The zero-order chi connectivity index (χ0) is 36.9. The van der Waals surface area contributed by atoms with Crippen LogP contribution in [0.5, 0.6) is 0 Å². The summed E-state index contributed by atoms with van der Waals surface area (Å²) >= 11 is 0. The fourth-order valence-electron chi connectivity index (χ4n) is 7.05. The summed E-state index contributed by atoms with van der Waals surface area (Å²) < 4.78 is 0. The van der Waals surface area contributed by atoms with E-state index in [1.54, 1.807) is 0 Å². The molecule has 0 fully saturated rings. The first-order valence-corrected chi connectivity index (χ1v) is 22.9. The number of carbonyl (C=O) groups is 2. The van der Waals surface area contributed by atoms with Crippen molar-refractivity contribution >= 4 is 49.7 Å². The summed E-state index contributed by atoms with van der Waals surface area (Å²) in [5.41, 5.74) is 0. The van der Waals surface area contributed by atoms with Crippen molar-refractivity contribution in [3.05, 3.63) is 0 Å². The third kappa shape index (κ3) is 62.8. The van der Waals surface area contributed by atoms with Crippen LogP contribution >= 0.6 is 0 Å². The first-order valence-electron chi connectivity index (χ1n) is 22.9. The Labute approximate surface area is 369 Å². The minimum Gasteiger partial charge on any atom is -0.550 e. The van der Waals surface area contributed by atoms with E-state index in [-0.39, 0.29) is 70.1 Å². The molecule has 0 radical (unpaired) electrons. The molecule has 0 aromatic rings. The van der Waals surface area contributed by atoms with Gasteiger partial charge in [-0.25, -0.2) is 0 Å². The third-order valence-corrected chi connectivity index (χ3v) is 10.5. The summed E-state index contributed by atoms with van der Waals surface area (Å²) in [6, 6.07) is 0. The second-order valence-electron chi connectivity index (χ2n) is 15.7. The van der Waals surface area contributed by atoms with E-state index in [0.29, 0.717) is 0 Å². The minimum atomic E-state index is -0.903. The van der Waals surface area contributed by atoms with Crippen LogP contribution in [0.3, 0.4) is 0 Å². The summed E-state index contributed by atoms with van der Waals surface area (Å²) in [6.07, 6.45) is 54.5. The van der Waals surface area contributed by atoms with Gasteiger partial charge in [0.05, 0.1) is 0 Å². The second kappa shape index (κ2) is 56.2. The molecule has 0 amide bonds. The second-order valence-corrected chi connectivity index (χ2v) is 15.7. The normalized spacial score (nSPS) is 10.7. The minimum absolute atomic E-state index is 0. The van der Waals surface area contributed by atoms with Crippen LogP contribution < -0.4 is 10.2 Å². The van der Waals surface area contributed by atoms with Crippen molar-refractivity contribution in [2.75, 3.05) is 0 Å². The third-order valence-electron chi connectivity index (χ3n) is 10.5. The molecule has 0 atom stereocenters. The summed E-state index contributed by atoms with van der Waals surface area (Å²) in [5, 5.41) is 20.5. The number of carbonyl (C=O) groups excluding carboxylic acids is 2. The van der Waals surface area contributed by atoms with Crippen molar-refractivity contribution in [1.82, 2.24) is 0 Å². The molecule has 0 aliphatic heterocycles. The van der Waals surface area contributed by atoms with Crippen LogP contribution in [0, 0.1) is 0 Å². The van der Waals surface area contributed by atoms with Crippen LogP contribution in [-0.4, -0.2) is 49.7 Å². The van der Waals surface area contributed by atoms with Crippen LogP contribution in [0.25, 0.3) is 0 Å². The number of unbranched alkanes of at least 4 members (excludes halogenated alkanes) is 38. The zero-order valence-corrected chi connectivity index (χ0v) is 40.9. The summed E-state index contributed by atoms with van der Waals surface area (Å²) in [6.45, 7) is 4.56. The van der Waals surface area contributed by atoms with Gasteiger partial charge in [0, 0.05) is 11.9 Å². The maximum atomic E-state index is 10.3. The van der Waals surface area contributed by atoms with Gasteiger partial charge in [-0.15, -0.1) is 0 Å². The van der Waals surface area contributed by atoms with Gasteiger partial charge >= 0.3 is 57.2 Å². The Bertz CT molecular complexity index is 648. The van der Waals surface area contributed by atoms with Gasteiger partial charge in [0.1, 0.15) is 0 Å². The van der Waals surface area contributed by atoms with Gasteiger partial charge in [0.25, 0.3) is 0 Å². The quantitative estimate of drug-likeness (QED) is 0.0454. The Kier molecular flexibility index (Phi) is 64.3. The van der Waals surface area contributed by atoms with Gasteiger partial charge in [-0.05, 0) is 25.7 Å². The van der Waals surface area contributed by atoms with Crippen LogP contribution in [-0.2, 0) is 29.1 Å². The zero-order valence-electron chi connectivity index (χ0n) is 35.7. The van der Waals surface area contributed by atoms with Crippen LogP contribution in [0.1, 0.15) is 284 Å². The standard InChI is InChI=1S/C28H56O2.C18H36O2.Ca.Zn/c1-2-3-4-5-6-7-8-9-10-11-12-13-14-15-16-17-18-19-20-21-22-23-24-25-26-27-28(29)30;1-2-3-4-5-6-7-8-9-10-11-12-13-14-15-16-17-18(19)20;;/h2-27H2,1H3,(H,29,30);2-17H2,1H3,(H,19,20);;/q;;2*+2/p-2. The number of carboxylic acids is 2. The van der Waals surface area contributed by atoms with E-state index in [2.05, 4.69) is 13.8 Å². The maximum absolute atomic E-state index is 10.3. The molecular formula is C46H90CaO4Zn+2. The number of carboxylic acid groups (broad SMARTS) is 2. The van der Waals surface area contributed by atoms with Crippen LogP contribution in [0.2, 0.25) is 0 Å². The van der Waals surface area contributed by atoms with Crippen molar-refractivity contribution in [3.63, 3.8) is 0 Å². The van der Waals surface area contributed by atoms with Gasteiger partial charge in [-0.2, -0.15) is 0 Å². The Morgan fingerprint density at radius 1 is 0.269 bits per heavy atom. The van der Waals surface area contributed by atoms with E-state index in [0.717, 1.165) is 25.7 Å². The molecule has 0 aromatic heterocycles. The topological polar surface area (TPSA) is 80.3 Å². The van der Waals surface area contributed by atoms with E-state index >= 15 is 0 Å². The largest absolute Gasteiger partial charge is 2.00 e. The average molecular weight is 813 g/mol. The molecule has 52 heavy (non-hydrogen) atoms. The van der Waals surface area contributed by atoms with Crippen molar-refractivity contribution in [1.29, 1.82) is 0 Å². The average Bonchev–Trinajstić information content (AvgIpc) is 3.10. The smallest absolute Gasteiger partial charge is 0.550 e. The van der Waals surface area contributed by atoms with E-state index in [1.165, 1.54) is 231 Å². The predicted octanol–water partition coefficient (Wildman–Crippen LogP) is 13.5. The molecular weight excluding hydrogens is 722 g/mol. The fourth-order valence-corrected chi connectivity index (χ4v) is 7.05. The van der Waals surface area contributed by atoms with E-state index in [9.17, 15) is 19.8 Å². The van der Waals surface area contributed by atoms with Crippen LogP contribution in [0.4, 0.5) is 0 Å². The summed E-state index contributed by atoms with van der Waals surface area (Å²) in [7, 11) is 0. The van der Waals surface area contributed by atoms with E-state index < -0.39 is 11.9 Å². The first-order chi connectivity index (χ1) is 24.5. The molecule has 0 unspecified atom stereocenters. The molecule has 0 aliphatic carbocycles.